The van der Waals surface area contributed by atoms with Gasteiger partial charge in [-0.05, 0) is 30.3 Å². The number of carbonyl (C=O) groups is 2. The molecule has 0 aromatic heterocycles. The third kappa shape index (κ3) is 5.14. The second-order valence-electron chi connectivity index (χ2n) is 5.86. The number of carbonyl (C=O) groups excluding carboxylic acids is 2. The van der Waals surface area contributed by atoms with Gasteiger partial charge in [0.25, 0.3) is 0 Å². The molecule has 2 amide bonds. The Morgan fingerprint density at radius 1 is 0.857 bits per heavy atom. The molecular weight excluding hydrogens is 372 g/mol. The van der Waals surface area contributed by atoms with Crippen molar-refractivity contribution in [3.63, 3.8) is 0 Å². The standard InChI is InChI=1S/C22H20N2O3S/c1-27-19-13-7-5-9-16(19)15-23-21(25)22(26)24-18-12-6-8-14-20(18)28-17-10-3-2-4-11-17/h2-14H,15H2,1H3,(H,23,25)(H,24,26). The SMILES string of the molecule is COc1ccccc1CNC(=O)C(=O)Nc1ccccc1Sc1ccccc1. The fourth-order valence-electron chi connectivity index (χ4n) is 2.56. The summed E-state index contributed by atoms with van der Waals surface area (Å²) in [5.41, 5.74) is 1.39. The zero-order valence-electron chi connectivity index (χ0n) is 15.3. The number of hydrogen-bond donors (Lipinski definition) is 2. The minimum absolute atomic E-state index is 0.205. The van der Waals surface area contributed by atoms with Gasteiger partial charge in [-0.1, -0.05) is 60.3 Å². The van der Waals surface area contributed by atoms with Crippen molar-refractivity contribution in [1.29, 1.82) is 0 Å². The molecule has 0 aliphatic rings. The number of amides is 2. The van der Waals surface area contributed by atoms with Crippen LogP contribution < -0.4 is 15.4 Å². The predicted molar refractivity (Wildman–Crippen MR) is 110 cm³/mol. The van der Waals surface area contributed by atoms with Gasteiger partial charge in [-0.25, -0.2) is 0 Å². The number of benzene rings is 3. The molecule has 28 heavy (non-hydrogen) atoms. The van der Waals surface area contributed by atoms with Crippen LogP contribution in [0.3, 0.4) is 0 Å². The molecule has 0 aliphatic carbocycles. The first-order valence-corrected chi connectivity index (χ1v) is 9.52. The smallest absolute Gasteiger partial charge is 0.313 e. The quantitative estimate of drug-likeness (QED) is 0.620. The van der Waals surface area contributed by atoms with E-state index in [1.807, 2.05) is 66.7 Å². The first kappa shape index (κ1) is 19.5. The summed E-state index contributed by atoms with van der Waals surface area (Å²) in [4.78, 5) is 26.5. The molecule has 2 N–H and O–H groups in total. The molecule has 5 nitrogen and oxygen atoms in total. The van der Waals surface area contributed by atoms with Crippen molar-refractivity contribution in [3.8, 4) is 5.75 Å². The van der Waals surface area contributed by atoms with E-state index in [1.54, 1.807) is 19.2 Å². The van der Waals surface area contributed by atoms with Crippen LogP contribution in [0.2, 0.25) is 0 Å². The van der Waals surface area contributed by atoms with Crippen molar-refractivity contribution >= 4 is 29.3 Å². The van der Waals surface area contributed by atoms with Crippen LogP contribution in [0.5, 0.6) is 5.75 Å². The normalized spacial score (nSPS) is 10.2. The summed E-state index contributed by atoms with van der Waals surface area (Å²) in [5, 5.41) is 5.32. The topological polar surface area (TPSA) is 67.4 Å². The molecule has 0 heterocycles. The predicted octanol–water partition coefficient (Wildman–Crippen LogP) is 4.10. The van der Waals surface area contributed by atoms with E-state index >= 15 is 0 Å². The third-order valence-corrected chi connectivity index (χ3v) is 5.03. The number of hydrogen-bond acceptors (Lipinski definition) is 4. The largest absolute Gasteiger partial charge is 0.496 e. The second-order valence-corrected chi connectivity index (χ2v) is 6.98. The van der Waals surface area contributed by atoms with Gasteiger partial charge in [-0.2, -0.15) is 0 Å². The highest BCUT2D eigenvalue weighted by atomic mass is 32.2. The van der Waals surface area contributed by atoms with Gasteiger partial charge < -0.3 is 15.4 Å². The van der Waals surface area contributed by atoms with Crippen LogP contribution in [0, 0.1) is 0 Å². The molecule has 0 bridgehead atoms. The van der Waals surface area contributed by atoms with E-state index in [1.165, 1.54) is 11.8 Å². The van der Waals surface area contributed by atoms with E-state index in [-0.39, 0.29) is 6.54 Å². The number of methoxy groups -OCH3 is 1. The fourth-order valence-corrected chi connectivity index (χ4v) is 3.48. The molecule has 3 rings (SSSR count). The maximum Gasteiger partial charge on any atom is 0.313 e. The number of rotatable bonds is 6. The summed E-state index contributed by atoms with van der Waals surface area (Å²) in [5.74, 6) is -0.755. The lowest BCUT2D eigenvalue weighted by molar-refractivity contribution is -0.136. The van der Waals surface area contributed by atoms with Crippen LogP contribution in [0.1, 0.15) is 5.56 Å². The highest BCUT2D eigenvalue weighted by molar-refractivity contribution is 7.99. The Balaban J connectivity index is 1.63. The monoisotopic (exact) mass is 392 g/mol. The molecular formula is C22H20N2O3S. The Kier molecular flexibility index (Phi) is 6.70. The maximum absolute atomic E-state index is 12.3. The minimum Gasteiger partial charge on any atom is -0.496 e. The van der Waals surface area contributed by atoms with Crippen molar-refractivity contribution < 1.29 is 14.3 Å². The fraction of sp³-hybridized carbons (Fsp3) is 0.0909. The molecule has 0 saturated carbocycles. The van der Waals surface area contributed by atoms with E-state index in [2.05, 4.69) is 10.6 Å². The van der Waals surface area contributed by atoms with E-state index in [4.69, 9.17) is 4.74 Å². The Bertz CT molecular complexity index is 961. The van der Waals surface area contributed by atoms with Crippen LogP contribution in [0.25, 0.3) is 0 Å². The lowest BCUT2D eigenvalue weighted by Crippen LogP contribution is -2.35. The number of ether oxygens (including phenoxy) is 1. The zero-order valence-corrected chi connectivity index (χ0v) is 16.2. The van der Waals surface area contributed by atoms with Crippen LogP contribution >= 0.6 is 11.8 Å². The first-order chi connectivity index (χ1) is 13.7. The number of para-hydroxylation sites is 2. The summed E-state index contributed by atoms with van der Waals surface area (Å²) in [6, 6.07) is 24.6. The Morgan fingerprint density at radius 2 is 1.54 bits per heavy atom. The van der Waals surface area contributed by atoms with Crippen LogP contribution in [0.4, 0.5) is 5.69 Å². The molecule has 3 aromatic carbocycles. The van der Waals surface area contributed by atoms with Crippen molar-refractivity contribution in [2.75, 3.05) is 12.4 Å². The summed E-state index contributed by atoms with van der Waals surface area (Å²) < 4.78 is 5.25. The van der Waals surface area contributed by atoms with Gasteiger partial charge >= 0.3 is 11.8 Å². The molecule has 0 spiro atoms. The van der Waals surface area contributed by atoms with E-state index < -0.39 is 11.8 Å². The van der Waals surface area contributed by atoms with Gasteiger partial charge in [0.2, 0.25) is 0 Å². The summed E-state index contributed by atoms with van der Waals surface area (Å²) in [6.45, 7) is 0.205. The molecule has 0 radical (unpaired) electrons. The Hall–Kier alpha value is -3.25. The zero-order chi connectivity index (χ0) is 19.8. The first-order valence-electron chi connectivity index (χ1n) is 8.70. The Labute approximate surface area is 168 Å². The lowest BCUT2D eigenvalue weighted by atomic mass is 10.2. The van der Waals surface area contributed by atoms with Crippen molar-refractivity contribution in [1.82, 2.24) is 5.32 Å². The molecule has 0 atom stereocenters. The highest BCUT2D eigenvalue weighted by Crippen LogP contribution is 2.33. The van der Waals surface area contributed by atoms with Crippen molar-refractivity contribution in [2.24, 2.45) is 0 Å². The van der Waals surface area contributed by atoms with Crippen LogP contribution in [-0.4, -0.2) is 18.9 Å². The molecule has 6 heteroatoms. The third-order valence-electron chi connectivity index (χ3n) is 3.94. The van der Waals surface area contributed by atoms with Gasteiger partial charge in [0.1, 0.15) is 5.75 Å². The minimum atomic E-state index is -0.712. The molecule has 0 saturated heterocycles. The summed E-state index contributed by atoms with van der Waals surface area (Å²) in [6.07, 6.45) is 0. The number of nitrogens with one attached hydrogen (secondary N) is 2. The van der Waals surface area contributed by atoms with Gasteiger partial charge in [0.05, 0.1) is 12.8 Å². The van der Waals surface area contributed by atoms with E-state index in [0.717, 1.165) is 15.4 Å². The molecule has 0 aliphatic heterocycles. The van der Waals surface area contributed by atoms with Gasteiger partial charge in [-0.15, -0.1) is 0 Å². The van der Waals surface area contributed by atoms with E-state index in [9.17, 15) is 9.59 Å². The van der Waals surface area contributed by atoms with Crippen molar-refractivity contribution in [2.45, 2.75) is 16.3 Å². The van der Waals surface area contributed by atoms with Gasteiger partial charge in [-0.3, -0.25) is 9.59 Å². The highest BCUT2D eigenvalue weighted by Gasteiger charge is 2.16. The van der Waals surface area contributed by atoms with Gasteiger partial charge in [0, 0.05) is 21.9 Å². The summed E-state index contributed by atoms with van der Waals surface area (Å²) >= 11 is 1.52. The number of anilines is 1. The maximum atomic E-state index is 12.3. The molecule has 0 unspecified atom stereocenters. The second kappa shape index (κ2) is 9.62. The molecule has 3 aromatic rings. The van der Waals surface area contributed by atoms with Crippen LogP contribution in [0.15, 0.2) is 88.7 Å². The summed E-state index contributed by atoms with van der Waals surface area (Å²) in [7, 11) is 1.56. The lowest BCUT2D eigenvalue weighted by Gasteiger charge is -2.12. The van der Waals surface area contributed by atoms with Gasteiger partial charge in [0.15, 0.2) is 0 Å². The molecule has 0 fully saturated rings. The molecule has 142 valence electrons. The average Bonchev–Trinajstić information content (AvgIpc) is 2.74. The Morgan fingerprint density at radius 3 is 2.32 bits per heavy atom. The van der Waals surface area contributed by atoms with Crippen LogP contribution in [-0.2, 0) is 16.1 Å². The average molecular weight is 392 g/mol. The van der Waals surface area contributed by atoms with Crippen molar-refractivity contribution in [3.05, 3.63) is 84.4 Å². The van der Waals surface area contributed by atoms with E-state index in [0.29, 0.717) is 11.4 Å².